The molecule has 0 bridgehead atoms. The zero-order valence-corrected chi connectivity index (χ0v) is 22.0. The highest BCUT2D eigenvalue weighted by atomic mass is 32.1. The number of hydrogen-bond acceptors (Lipinski definition) is 2. The molecule has 174 valence electrons. The van der Waals surface area contributed by atoms with Crippen molar-refractivity contribution < 1.29 is 0 Å². The lowest BCUT2D eigenvalue weighted by Gasteiger charge is -2.28. The SMILES string of the molecule is CCCCC1CCC(c2ccc3c(c2)sc2c4ccc(C5CCC(C)CC5)cc4sc32)CC1. The van der Waals surface area contributed by atoms with Crippen LogP contribution in [0.1, 0.15) is 107 Å². The van der Waals surface area contributed by atoms with Gasteiger partial charge in [0.05, 0.1) is 9.40 Å². The van der Waals surface area contributed by atoms with Crippen LogP contribution in [0.5, 0.6) is 0 Å². The maximum atomic E-state index is 2.55. The molecular weight excluding hydrogens is 436 g/mol. The average molecular weight is 475 g/mol. The highest BCUT2D eigenvalue weighted by Gasteiger charge is 2.24. The van der Waals surface area contributed by atoms with E-state index in [-0.39, 0.29) is 0 Å². The van der Waals surface area contributed by atoms with Gasteiger partial charge >= 0.3 is 0 Å². The van der Waals surface area contributed by atoms with Crippen molar-refractivity contribution in [2.45, 2.75) is 96.3 Å². The minimum atomic E-state index is 0.780. The van der Waals surface area contributed by atoms with Crippen LogP contribution in [0.15, 0.2) is 36.4 Å². The van der Waals surface area contributed by atoms with Gasteiger partial charge in [-0.2, -0.15) is 0 Å². The third kappa shape index (κ3) is 4.27. The van der Waals surface area contributed by atoms with E-state index in [2.05, 4.69) is 50.2 Å². The summed E-state index contributed by atoms with van der Waals surface area (Å²) in [5.41, 5.74) is 3.19. The van der Waals surface area contributed by atoms with Crippen molar-refractivity contribution in [3.63, 3.8) is 0 Å². The largest absolute Gasteiger partial charge is 0.134 e. The predicted molar refractivity (Wildman–Crippen MR) is 149 cm³/mol. The minimum Gasteiger partial charge on any atom is -0.134 e. The summed E-state index contributed by atoms with van der Waals surface area (Å²) >= 11 is 4.08. The Morgan fingerprint density at radius 2 is 1.21 bits per heavy atom. The Balaban J connectivity index is 1.26. The molecule has 2 heterocycles. The molecule has 2 aromatic heterocycles. The Labute approximate surface area is 207 Å². The fourth-order valence-corrected chi connectivity index (χ4v) is 9.42. The Kier molecular flexibility index (Phi) is 6.26. The molecule has 2 aromatic carbocycles. The molecule has 0 radical (unpaired) electrons. The highest BCUT2D eigenvalue weighted by Crippen LogP contribution is 2.47. The van der Waals surface area contributed by atoms with Gasteiger partial charge in [-0.15, -0.1) is 22.7 Å². The lowest BCUT2D eigenvalue weighted by Crippen LogP contribution is -2.13. The molecule has 4 aromatic rings. The predicted octanol–water partition coefficient (Wildman–Crippen LogP) is 11.0. The summed E-state index contributed by atoms with van der Waals surface area (Å²) in [4.78, 5) is 0. The van der Waals surface area contributed by atoms with Crippen LogP contribution >= 0.6 is 22.7 Å². The first-order chi connectivity index (χ1) is 16.2. The molecule has 33 heavy (non-hydrogen) atoms. The Bertz CT molecular complexity index is 1240. The molecule has 0 saturated heterocycles. The molecule has 0 spiro atoms. The summed E-state index contributed by atoms with van der Waals surface area (Å²) in [5, 5.41) is 2.98. The van der Waals surface area contributed by atoms with Gasteiger partial charge in [0.1, 0.15) is 0 Å². The molecule has 0 atom stereocenters. The first-order valence-corrected chi connectivity index (χ1v) is 15.2. The Hall–Kier alpha value is -1.38. The molecule has 2 saturated carbocycles. The second-order valence-electron chi connectivity index (χ2n) is 11.2. The van der Waals surface area contributed by atoms with Crippen LogP contribution in [0.25, 0.3) is 29.6 Å². The fourth-order valence-electron chi connectivity index (χ4n) is 6.67. The Morgan fingerprint density at radius 3 is 1.73 bits per heavy atom. The van der Waals surface area contributed by atoms with Gasteiger partial charge in [-0.1, -0.05) is 70.2 Å². The molecular formula is C31H38S2. The average Bonchev–Trinajstić information content (AvgIpc) is 3.38. The first-order valence-electron chi connectivity index (χ1n) is 13.6. The smallest absolute Gasteiger partial charge is 0.0542 e. The number of fused-ring (bicyclic) bond motifs is 5. The van der Waals surface area contributed by atoms with Crippen molar-refractivity contribution in [1.29, 1.82) is 0 Å². The number of thiophene rings is 2. The monoisotopic (exact) mass is 474 g/mol. The highest BCUT2D eigenvalue weighted by molar-refractivity contribution is 7.36. The topological polar surface area (TPSA) is 0 Å². The van der Waals surface area contributed by atoms with Crippen molar-refractivity contribution in [1.82, 2.24) is 0 Å². The molecule has 0 aliphatic heterocycles. The maximum Gasteiger partial charge on any atom is 0.0542 e. The minimum absolute atomic E-state index is 0.780. The van der Waals surface area contributed by atoms with Gasteiger partial charge in [-0.05, 0) is 85.5 Å². The van der Waals surface area contributed by atoms with Crippen LogP contribution in [-0.4, -0.2) is 0 Å². The summed E-state index contributed by atoms with van der Waals surface area (Å²) in [5.74, 6) is 3.47. The lowest BCUT2D eigenvalue weighted by molar-refractivity contribution is 0.304. The van der Waals surface area contributed by atoms with Gasteiger partial charge in [-0.25, -0.2) is 0 Å². The van der Waals surface area contributed by atoms with Crippen LogP contribution in [-0.2, 0) is 0 Å². The van der Waals surface area contributed by atoms with Gasteiger partial charge < -0.3 is 0 Å². The van der Waals surface area contributed by atoms with E-state index in [1.54, 1.807) is 11.1 Å². The molecule has 2 heteroatoms. The fraction of sp³-hybridized carbons (Fsp3) is 0.548. The second-order valence-corrected chi connectivity index (χ2v) is 13.3. The summed E-state index contributed by atoms with van der Waals surface area (Å²) in [6, 6.07) is 14.9. The van der Waals surface area contributed by atoms with E-state index in [0.29, 0.717) is 0 Å². The van der Waals surface area contributed by atoms with E-state index in [4.69, 9.17) is 0 Å². The molecule has 0 unspecified atom stereocenters. The molecule has 0 nitrogen and oxygen atoms in total. The lowest BCUT2D eigenvalue weighted by atomic mass is 9.77. The third-order valence-corrected chi connectivity index (χ3v) is 11.4. The van der Waals surface area contributed by atoms with Crippen molar-refractivity contribution in [3.05, 3.63) is 47.5 Å². The van der Waals surface area contributed by atoms with Crippen molar-refractivity contribution in [2.24, 2.45) is 11.8 Å². The van der Waals surface area contributed by atoms with Crippen molar-refractivity contribution in [2.75, 3.05) is 0 Å². The number of hydrogen-bond donors (Lipinski definition) is 0. The normalized spacial score (nSPS) is 26.5. The first kappa shape index (κ1) is 22.1. The van der Waals surface area contributed by atoms with Crippen LogP contribution in [0, 0.1) is 11.8 Å². The molecule has 2 fully saturated rings. The van der Waals surface area contributed by atoms with Crippen LogP contribution < -0.4 is 0 Å². The van der Waals surface area contributed by atoms with Crippen molar-refractivity contribution >= 4 is 52.2 Å². The quantitative estimate of drug-likeness (QED) is 0.270. The maximum absolute atomic E-state index is 2.55. The zero-order valence-electron chi connectivity index (χ0n) is 20.4. The van der Waals surface area contributed by atoms with Crippen LogP contribution in [0.2, 0.25) is 0 Å². The summed E-state index contributed by atoms with van der Waals surface area (Å²) < 4.78 is 6.06. The zero-order chi connectivity index (χ0) is 22.4. The number of unbranched alkanes of at least 4 members (excludes halogenated alkanes) is 1. The van der Waals surface area contributed by atoms with E-state index in [1.165, 1.54) is 100 Å². The second kappa shape index (κ2) is 9.34. The van der Waals surface area contributed by atoms with Crippen LogP contribution in [0.4, 0.5) is 0 Å². The van der Waals surface area contributed by atoms with Gasteiger partial charge in [0.25, 0.3) is 0 Å². The number of rotatable bonds is 5. The molecule has 0 amide bonds. The number of benzene rings is 2. The van der Waals surface area contributed by atoms with Gasteiger partial charge in [0.15, 0.2) is 0 Å². The van der Waals surface area contributed by atoms with E-state index in [0.717, 1.165) is 23.7 Å². The summed E-state index contributed by atoms with van der Waals surface area (Å²) in [6.07, 6.45) is 15.4. The van der Waals surface area contributed by atoms with Gasteiger partial charge in [0.2, 0.25) is 0 Å². The van der Waals surface area contributed by atoms with E-state index in [9.17, 15) is 0 Å². The Morgan fingerprint density at radius 1 is 0.697 bits per heavy atom. The molecule has 2 aliphatic carbocycles. The molecule has 0 N–H and O–H groups in total. The van der Waals surface area contributed by atoms with E-state index in [1.807, 2.05) is 22.7 Å². The molecule has 6 rings (SSSR count). The van der Waals surface area contributed by atoms with Crippen LogP contribution in [0.3, 0.4) is 0 Å². The van der Waals surface area contributed by atoms with Gasteiger partial charge in [0, 0.05) is 20.2 Å². The van der Waals surface area contributed by atoms with Crippen molar-refractivity contribution in [3.8, 4) is 0 Å². The van der Waals surface area contributed by atoms with Gasteiger partial charge in [-0.3, -0.25) is 0 Å². The standard InChI is InChI=1S/C31H38S2/c1-3-4-5-21-8-12-23(13-9-21)25-15-17-27-29(19-25)33-30-26-16-14-24(18-28(26)32-31(27)30)22-10-6-20(2)7-11-22/h14-23H,3-13H2,1-2H3. The summed E-state index contributed by atoms with van der Waals surface area (Å²) in [6.45, 7) is 4.74. The molecule has 2 aliphatic rings. The van der Waals surface area contributed by atoms with E-state index < -0.39 is 0 Å². The van der Waals surface area contributed by atoms with E-state index >= 15 is 0 Å². The summed E-state index contributed by atoms with van der Waals surface area (Å²) in [7, 11) is 0. The third-order valence-electron chi connectivity index (χ3n) is 8.90.